The SMILES string of the molecule is COc1cc(Br)cc2cnn(C)c12. The van der Waals surface area contributed by atoms with Gasteiger partial charge < -0.3 is 4.74 Å². The number of hydrogen-bond donors (Lipinski definition) is 0. The maximum atomic E-state index is 5.26. The van der Waals surface area contributed by atoms with Crippen LogP contribution in [0.1, 0.15) is 0 Å². The Balaban J connectivity index is 2.85. The third-order valence-electron chi connectivity index (χ3n) is 1.98. The molecule has 13 heavy (non-hydrogen) atoms. The highest BCUT2D eigenvalue weighted by molar-refractivity contribution is 9.10. The zero-order chi connectivity index (χ0) is 9.42. The molecule has 1 aromatic heterocycles. The van der Waals surface area contributed by atoms with E-state index in [0.29, 0.717) is 0 Å². The van der Waals surface area contributed by atoms with E-state index in [9.17, 15) is 0 Å². The lowest BCUT2D eigenvalue weighted by molar-refractivity contribution is 0.417. The van der Waals surface area contributed by atoms with Crippen molar-refractivity contribution in [2.24, 2.45) is 7.05 Å². The first-order chi connectivity index (χ1) is 6.22. The second-order valence-electron chi connectivity index (χ2n) is 2.81. The van der Waals surface area contributed by atoms with Gasteiger partial charge in [0.2, 0.25) is 0 Å². The first-order valence-electron chi connectivity index (χ1n) is 3.87. The molecule has 0 bridgehead atoms. The lowest BCUT2D eigenvalue weighted by Crippen LogP contribution is -1.92. The van der Waals surface area contributed by atoms with Crippen LogP contribution in [0.5, 0.6) is 5.75 Å². The summed E-state index contributed by atoms with van der Waals surface area (Å²) >= 11 is 3.42. The third kappa shape index (κ3) is 1.31. The van der Waals surface area contributed by atoms with E-state index in [1.54, 1.807) is 11.8 Å². The molecule has 0 amide bonds. The van der Waals surface area contributed by atoms with Gasteiger partial charge in [0.25, 0.3) is 0 Å². The third-order valence-corrected chi connectivity index (χ3v) is 2.44. The topological polar surface area (TPSA) is 27.1 Å². The molecule has 0 aliphatic heterocycles. The molecule has 0 unspecified atom stereocenters. The van der Waals surface area contributed by atoms with Gasteiger partial charge in [0, 0.05) is 16.9 Å². The molecule has 2 rings (SSSR count). The van der Waals surface area contributed by atoms with Gasteiger partial charge in [-0.15, -0.1) is 0 Å². The molecule has 3 nitrogen and oxygen atoms in total. The Bertz CT molecular complexity index is 450. The molecule has 2 aromatic rings. The lowest BCUT2D eigenvalue weighted by Gasteiger charge is -2.03. The smallest absolute Gasteiger partial charge is 0.145 e. The lowest BCUT2D eigenvalue weighted by atomic mass is 10.2. The number of benzene rings is 1. The van der Waals surface area contributed by atoms with Crippen molar-refractivity contribution in [2.75, 3.05) is 7.11 Å². The fraction of sp³-hybridized carbons (Fsp3) is 0.222. The van der Waals surface area contributed by atoms with E-state index in [-0.39, 0.29) is 0 Å². The van der Waals surface area contributed by atoms with Crippen LogP contribution in [0.25, 0.3) is 10.9 Å². The molecule has 0 spiro atoms. The Morgan fingerprint density at radius 2 is 2.23 bits per heavy atom. The van der Waals surface area contributed by atoms with E-state index in [1.807, 2.05) is 25.4 Å². The zero-order valence-corrected chi connectivity index (χ0v) is 9.00. The van der Waals surface area contributed by atoms with E-state index >= 15 is 0 Å². The number of nitrogens with zero attached hydrogens (tertiary/aromatic N) is 2. The second-order valence-corrected chi connectivity index (χ2v) is 3.73. The standard InChI is InChI=1S/C9H9BrN2O/c1-12-9-6(5-11-12)3-7(10)4-8(9)13-2/h3-5H,1-2H3. The van der Waals surface area contributed by atoms with Crippen molar-refractivity contribution >= 4 is 26.8 Å². The van der Waals surface area contributed by atoms with Crippen molar-refractivity contribution in [2.45, 2.75) is 0 Å². The van der Waals surface area contributed by atoms with Crippen LogP contribution in [0.3, 0.4) is 0 Å². The van der Waals surface area contributed by atoms with Gasteiger partial charge in [-0.05, 0) is 12.1 Å². The molecule has 0 saturated carbocycles. The van der Waals surface area contributed by atoms with Crippen LogP contribution in [0.15, 0.2) is 22.8 Å². The van der Waals surface area contributed by atoms with Gasteiger partial charge in [-0.1, -0.05) is 15.9 Å². The summed E-state index contributed by atoms with van der Waals surface area (Å²) in [7, 11) is 3.56. The molecule has 0 N–H and O–H groups in total. The largest absolute Gasteiger partial charge is 0.494 e. The Kier molecular flexibility index (Phi) is 2.00. The van der Waals surface area contributed by atoms with E-state index in [2.05, 4.69) is 21.0 Å². The van der Waals surface area contributed by atoms with E-state index in [1.165, 1.54) is 0 Å². The van der Waals surface area contributed by atoms with E-state index in [4.69, 9.17) is 4.74 Å². The maximum absolute atomic E-state index is 5.26. The molecule has 0 fully saturated rings. The highest BCUT2D eigenvalue weighted by atomic mass is 79.9. The molecule has 0 atom stereocenters. The average molecular weight is 241 g/mol. The predicted octanol–water partition coefficient (Wildman–Crippen LogP) is 2.34. The van der Waals surface area contributed by atoms with Gasteiger partial charge in [0.1, 0.15) is 11.3 Å². The highest BCUT2D eigenvalue weighted by Crippen LogP contribution is 2.29. The quantitative estimate of drug-likeness (QED) is 0.766. The highest BCUT2D eigenvalue weighted by Gasteiger charge is 2.07. The van der Waals surface area contributed by atoms with Crippen LogP contribution in [-0.2, 0) is 7.05 Å². The Morgan fingerprint density at radius 1 is 1.46 bits per heavy atom. The Labute approximate surface area is 84.4 Å². The van der Waals surface area contributed by atoms with Crippen LogP contribution < -0.4 is 4.74 Å². The second kappa shape index (κ2) is 3.03. The zero-order valence-electron chi connectivity index (χ0n) is 7.41. The molecule has 68 valence electrons. The fourth-order valence-corrected chi connectivity index (χ4v) is 1.86. The van der Waals surface area contributed by atoms with E-state index < -0.39 is 0 Å². The number of aryl methyl sites for hydroxylation is 1. The number of ether oxygens (including phenoxy) is 1. The molecule has 1 heterocycles. The summed E-state index contributed by atoms with van der Waals surface area (Å²) in [6.45, 7) is 0. The first-order valence-corrected chi connectivity index (χ1v) is 4.67. The van der Waals surface area contributed by atoms with Crippen molar-refractivity contribution < 1.29 is 4.74 Å². The minimum atomic E-state index is 0.837. The van der Waals surface area contributed by atoms with Crippen LogP contribution in [0, 0.1) is 0 Å². The van der Waals surface area contributed by atoms with Crippen molar-refractivity contribution in [1.29, 1.82) is 0 Å². The van der Waals surface area contributed by atoms with Crippen LogP contribution >= 0.6 is 15.9 Å². The number of halogens is 1. The predicted molar refractivity (Wildman–Crippen MR) is 55.0 cm³/mol. The fourth-order valence-electron chi connectivity index (χ4n) is 1.40. The monoisotopic (exact) mass is 240 g/mol. The molecule has 0 aliphatic rings. The van der Waals surface area contributed by atoms with E-state index in [0.717, 1.165) is 21.1 Å². The summed E-state index contributed by atoms with van der Waals surface area (Å²) < 4.78 is 8.07. The van der Waals surface area contributed by atoms with Crippen molar-refractivity contribution in [3.63, 3.8) is 0 Å². The van der Waals surface area contributed by atoms with Gasteiger partial charge in [0.15, 0.2) is 0 Å². The number of methoxy groups -OCH3 is 1. The summed E-state index contributed by atoms with van der Waals surface area (Å²) in [6.07, 6.45) is 1.82. The molecule has 0 aliphatic carbocycles. The molecule has 4 heteroatoms. The van der Waals surface area contributed by atoms with Gasteiger partial charge in [-0.3, -0.25) is 4.68 Å². The van der Waals surface area contributed by atoms with Crippen molar-refractivity contribution in [3.05, 3.63) is 22.8 Å². The number of fused-ring (bicyclic) bond motifs is 1. The van der Waals surface area contributed by atoms with Gasteiger partial charge in [-0.25, -0.2) is 0 Å². The van der Waals surface area contributed by atoms with Gasteiger partial charge >= 0.3 is 0 Å². The number of rotatable bonds is 1. The molecule has 0 saturated heterocycles. The minimum absolute atomic E-state index is 0.837. The van der Waals surface area contributed by atoms with Crippen molar-refractivity contribution in [3.8, 4) is 5.75 Å². The summed E-state index contributed by atoms with van der Waals surface area (Å²) in [6, 6.07) is 3.95. The molecular weight excluding hydrogens is 232 g/mol. The van der Waals surface area contributed by atoms with Crippen molar-refractivity contribution in [1.82, 2.24) is 9.78 Å². The van der Waals surface area contributed by atoms with Crippen LogP contribution in [-0.4, -0.2) is 16.9 Å². The van der Waals surface area contributed by atoms with Gasteiger partial charge in [0.05, 0.1) is 13.3 Å². The number of hydrogen-bond acceptors (Lipinski definition) is 2. The van der Waals surface area contributed by atoms with Crippen LogP contribution in [0.2, 0.25) is 0 Å². The summed E-state index contributed by atoms with van der Waals surface area (Å²) in [5, 5.41) is 5.24. The minimum Gasteiger partial charge on any atom is -0.494 e. The summed E-state index contributed by atoms with van der Waals surface area (Å²) in [5.74, 6) is 0.837. The first kappa shape index (κ1) is 8.56. The Morgan fingerprint density at radius 3 is 2.92 bits per heavy atom. The number of aromatic nitrogens is 2. The Hall–Kier alpha value is -1.03. The molecule has 0 radical (unpaired) electrons. The molecule has 1 aromatic carbocycles. The summed E-state index contributed by atoms with van der Waals surface area (Å²) in [5.41, 5.74) is 1.02. The molecular formula is C9H9BrN2O. The van der Waals surface area contributed by atoms with Crippen LogP contribution in [0.4, 0.5) is 0 Å². The van der Waals surface area contributed by atoms with Gasteiger partial charge in [-0.2, -0.15) is 5.10 Å². The average Bonchev–Trinajstić information content (AvgIpc) is 2.46. The normalized spacial score (nSPS) is 10.7. The summed E-state index contributed by atoms with van der Waals surface area (Å²) in [4.78, 5) is 0. The maximum Gasteiger partial charge on any atom is 0.145 e.